The van der Waals surface area contributed by atoms with Gasteiger partial charge in [-0.2, -0.15) is 0 Å². The van der Waals surface area contributed by atoms with Gasteiger partial charge < -0.3 is 5.11 Å². The topological polar surface area (TPSA) is 40.5 Å². The fourth-order valence-corrected chi connectivity index (χ4v) is 2.32. The van der Waals surface area contributed by atoms with E-state index in [1.165, 1.54) is 0 Å². The molecule has 0 saturated heterocycles. The number of hydrogen-bond acceptors (Lipinski definition) is 2. The summed E-state index contributed by atoms with van der Waals surface area (Å²) in [6, 6.07) is 13.0. The van der Waals surface area contributed by atoms with Crippen LogP contribution in [0.5, 0.6) is 5.75 Å². The van der Waals surface area contributed by atoms with E-state index in [0.29, 0.717) is 6.42 Å². The van der Waals surface area contributed by atoms with Crippen molar-refractivity contribution >= 4 is 17.3 Å². The largest absolute Gasteiger partial charge is 0.508 e. The summed E-state index contributed by atoms with van der Waals surface area (Å²) < 4.78 is 0. The Balaban J connectivity index is 2.11. The van der Waals surface area contributed by atoms with Crippen molar-refractivity contribution in [3.8, 4) is 5.75 Å². The minimum absolute atomic E-state index is 0.0706. The number of fused-ring (bicyclic) bond motifs is 1. The molecule has 0 fully saturated rings. The summed E-state index contributed by atoms with van der Waals surface area (Å²) in [5.41, 5.74) is 3.56. The standard InChI is InChI=1S/C15H13NO2/c1-10-8-12(6-7-14(10)17)16-13-5-3-2-4-11(13)9-15(16)18/h2-8,17H,9H2,1H3. The van der Waals surface area contributed by atoms with Crippen molar-refractivity contribution in [3.05, 3.63) is 53.6 Å². The lowest BCUT2D eigenvalue weighted by atomic mass is 10.1. The number of anilines is 2. The average molecular weight is 239 g/mol. The van der Waals surface area contributed by atoms with E-state index in [1.54, 1.807) is 17.0 Å². The van der Waals surface area contributed by atoms with Gasteiger partial charge in [0.05, 0.1) is 12.1 Å². The van der Waals surface area contributed by atoms with Gasteiger partial charge in [0, 0.05) is 5.69 Å². The number of aryl methyl sites for hydroxylation is 1. The molecule has 1 aliphatic heterocycles. The average Bonchev–Trinajstić information content (AvgIpc) is 2.69. The van der Waals surface area contributed by atoms with Crippen molar-refractivity contribution in [2.45, 2.75) is 13.3 Å². The molecule has 18 heavy (non-hydrogen) atoms. The van der Waals surface area contributed by atoms with Crippen molar-refractivity contribution in [2.24, 2.45) is 0 Å². The smallest absolute Gasteiger partial charge is 0.236 e. The van der Waals surface area contributed by atoms with Crippen molar-refractivity contribution in [1.82, 2.24) is 0 Å². The molecule has 90 valence electrons. The maximum Gasteiger partial charge on any atom is 0.236 e. The summed E-state index contributed by atoms with van der Waals surface area (Å²) >= 11 is 0. The second-order valence-electron chi connectivity index (χ2n) is 4.51. The minimum Gasteiger partial charge on any atom is -0.508 e. The Hall–Kier alpha value is -2.29. The van der Waals surface area contributed by atoms with Crippen LogP contribution >= 0.6 is 0 Å². The van der Waals surface area contributed by atoms with Crippen LogP contribution in [0, 0.1) is 6.92 Å². The van der Waals surface area contributed by atoms with E-state index in [2.05, 4.69) is 0 Å². The van der Waals surface area contributed by atoms with Crippen LogP contribution < -0.4 is 4.90 Å². The van der Waals surface area contributed by atoms with Crippen LogP contribution in [0.4, 0.5) is 11.4 Å². The van der Waals surface area contributed by atoms with Crippen LogP contribution in [-0.4, -0.2) is 11.0 Å². The quantitative estimate of drug-likeness (QED) is 0.831. The number of benzene rings is 2. The lowest BCUT2D eigenvalue weighted by Crippen LogP contribution is -2.20. The number of carbonyl (C=O) groups is 1. The molecule has 3 nitrogen and oxygen atoms in total. The maximum absolute atomic E-state index is 12.1. The summed E-state index contributed by atoms with van der Waals surface area (Å²) in [4.78, 5) is 13.8. The number of phenols is 1. The Morgan fingerprint density at radius 3 is 2.72 bits per heavy atom. The SMILES string of the molecule is Cc1cc(N2C(=O)Cc3ccccc32)ccc1O. The van der Waals surface area contributed by atoms with Crippen LogP contribution in [0.3, 0.4) is 0 Å². The lowest BCUT2D eigenvalue weighted by molar-refractivity contribution is -0.116. The highest BCUT2D eigenvalue weighted by molar-refractivity contribution is 6.07. The fourth-order valence-electron chi connectivity index (χ4n) is 2.32. The number of amides is 1. The zero-order chi connectivity index (χ0) is 12.7. The summed E-state index contributed by atoms with van der Waals surface area (Å²) in [7, 11) is 0. The first-order valence-corrected chi connectivity index (χ1v) is 5.87. The highest BCUT2D eigenvalue weighted by Crippen LogP contribution is 2.36. The molecule has 0 unspecified atom stereocenters. The molecule has 1 heterocycles. The van der Waals surface area contributed by atoms with Gasteiger partial charge in [-0.3, -0.25) is 9.69 Å². The zero-order valence-corrected chi connectivity index (χ0v) is 10.1. The van der Waals surface area contributed by atoms with E-state index in [4.69, 9.17) is 0 Å². The Bertz CT molecular complexity index is 634. The van der Waals surface area contributed by atoms with E-state index < -0.39 is 0 Å². The van der Waals surface area contributed by atoms with Crippen molar-refractivity contribution < 1.29 is 9.90 Å². The van der Waals surface area contributed by atoms with Crippen LogP contribution in [0.2, 0.25) is 0 Å². The third-order valence-corrected chi connectivity index (χ3v) is 3.26. The van der Waals surface area contributed by atoms with E-state index in [-0.39, 0.29) is 11.7 Å². The van der Waals surface area contributed by atoms with E-state index >= 15 is 0 Å². The van der Waals surface area contributed by atoms with E-state index in [0.717, 1.165) is 22.5 Å². The number of aromatic hydroxyl groups is 1. The first-order valence-electron chi connectivity index (χ1n) is 5.87. The molecule has 1 aliphatic rings. The highest BCUT2D eigenvalue weighted by Gasteiger charge is 2.28. The summed E-state index contributed by atoms with van der Waals surface area (Å²) in [5.74, 6) is 0.319. The number of phenolic OH excluding ortho intramolecular Hbond substituents is 1. The molecule has 0 radical (unpaired) electrons. The summed E-state index contributed by atoms with van der Waals surface area (Å²) in [5, 5.41) is 9.54. The third kappa shape index (κ3) is 1.56. The van der Waals surface area contributed by atoms with Crippen molar-refractivity contribution in [2.75, 3.05) is 4.90 Å². The molecule has 0 atom stereocenters. The minimum atomic E-state index is 0.0706. The molecular formula is C15H13NO2. The third-order valence-electron chi connectivity index (χ3n) is 3.26. The van der Waals surface area contributed by atoms with Crippen LogP contribution in [-0.2, 0) is 11.2 Å². The highest BCUT2D eigenvalue weighted by atomic mass is 16.3. The molecule has 1 N–H and O–H groups in total. The van der Waals surface area contributed by atoms with Gasteiger partial charge in [-0.15, -0.1) is 0 Å². The number of hydrogen-bond donors (Lipinski definition) is 1. The Morgan fingerprint density at radius 1 is 1.17 bits per heavy atom. The first kappa shape index (κ1) is 10.8. The Morgan fingerprint density at radius 2 is 1.94 bits per heavy atom. The first-order chi connectivity index (χ1) is 8.66. The van der Waals surface area contributed by atoms with Crippen molar-refractivity contribution in [1.29, 1.82) is 0 Å². The number of para-hydroxylation sites is 1. The molecule has 3 heteroatoms. The molecule has 0 aliphatic carbocycles. The number of nitrogens with zero attached hydrogens (tertiary/aromatic N) is 1. The van der Waals surface area contributed by atoms with Gasteiger partial charge in [0.2, 0.25) is 5.91 Å². The van der Waals surface area contributed by atoms with Crippen LogP contribution in [0.25, 0.3) is 0 Å². The zero-order valence-electron chi connectivity index (χ0n) is 10.1. The molecule has 2 aromatic carbocycles. The lowest BCUT2D eigenvalue weighted by Gasteiger charge is -2.18. The molecule has 2 aromatic rings. The van der Waals surface area contributed by atoms with Crippen LogP contribution in [0.1, 0.15) is 11.1 Å². The Kier molecular flexibility index (Phi) is 2.33. The number of carbonyl (C=O) groups excluding carboxylic acids is 1. The second kappa shape index (κ2) is 3.88. The Labute approximate surface area is 105 Å². The predicted molar refractivity (Wildman–Crippen MR) is 70.1 cm³/mol. The molecule has 1 amide bonds. The normalized spacial score (nSPS) is 13.8. The molecule has 0 aromatic heterocycles. The van der Waals surface area contributed by atoms with Gasteiger partial charge in [-0.1, -0.05) is 18.2 Å². The molecular weight excluding hydrogens is 226 g/mol. The summed E-state index contributed by atoms with van der Waals surface area (Å²) in [6.45, 7) is 1.82. The van der Waals surface area contributed by atoms with Gasteiger partial charge in [0.1, 0.15) is 5.75 Å². The predicted octanol–water partition coefficient (Wildman–Crippen LogP) is 2.92. The summed E-state index contributed by atoms with van der Waals surface area (Å²) in [6.07, 6.45) is 0.441. The molecule has 3 rings (SSSR count). The molecule has 0 spiro atoms. The molecule has 0 saturated carbocycles. The fraction of sp³-hybridized carbons (Fsp3) is 0.133. The van der Waals surface area contributed by atoms with Gasteiger partial charge in [-0.05, 0) is 42.3 Å². The van der Waals surface area contributed by atoms with Crippen LogP contribution in [0.15, 0.2) is 42.5 Å². The monoisotopic (exact) mass is 239 g/mol. The van der Waals surface area contributed by atoms with E-state index in [9.17, 15) is 9.90 Å². The van der Waals surface area contributed by atoms with Gasteiger partial charge >= 0.3 is 0 Å². The molecule has 0 bridgehead atoms. The van der Waals surface area contributed by atoms with Gasteiger partial charge in [0.15, 0.2) is 0 Å². The number of rotatable bonds is 1. The van der Waals surface area contributed by atoms with Crippen molar-refractivity contribution in [3.63, 3.8) is 0 Å². The van der Waals surface area contributed by atoms with E-state index in [1.807, 2.05) is 37.3 Å². The maximum atomic E-state index is 12.1. The second-order valence-corrected chi connectivity index (χ2v) is 4.51. The van der Waals surface area contributed by atoms with Gasteiger partial charge in [0.25, 0.3) is 0 Å². The van der Waals surface area contributed by atoms with Gasteiger partial charge in [-0.25, -0.2) is 0 Å².